The SMILES string of the molecule is NCCCOc1ccc(C(=O)N2[C@H](c3ccccc3)C[C@H]3NCCCC[C@@H]32)cc1. The molecule has 3 N–H and O–H groups in total. The van der Waals surface area contributed by atoms with Crippen molar-refractivity contribution in [1.82, 2.24) is 10.2 Å². The van der Waals surface area contributed by atoms with E-state index < -0.39 is 0 Å². The van der Waals surface area contributed by atoms with Crippen LogP contribution in [0.1, 0.15) is 54.1 Å². The lowest BCUT2D eigenvalue weighted by Crippen LogP contribution is -2.44. The predicted molar refractivity (Wildman–Crippen MR) is 115 cm³/mol. The van der Waals surface area contributed by atoms with Crippen LogP contribution in [0.3, 0.4) is 0 Å². The van der Waals surface area contributed by atoms with Gasteiger partial charge < -0.3 is 20.7 Å². The van der Waals surface area contributed by atoms with Crippen molar-refractivity contribution in [1.29, 1.82) is 0 Å². The number of carbonyl (C=O) groups excluding carboxylic acids is 1. The van der Waals surface area contributed by atoms with Crippen LogP contribution in [0.25, 0.3) is 0 Å². The number of nitrogens with one attached hydrogen (secondary N) is 1. The highest BCUT2D eigenvalue weighted by Crippen LogP contribution is 2.40. The molecule has 0 unspecified atom stereocenters. The molecule has 0 saturated carbocycles. The van der Waals surface area contributed by atoms with Crippen molar-refractivity contribution in [3.63, 3.8) is 0 Å². The Bertz CT molecular complexity index is 794. The van der Waals surface area contributed by atoms with Crippen LogP contribution in [0, 0.1) is 0 Å². The summed E-state index contributed by atoms with van der Waals surface area (Å²) >= 11 is 0. The van der Waals surface area contributed by atoms with Crippen molar-refractivity contribution in [2.24, 2.45) is 5.73 Å². The first-order valence-electron chi connectivity index (χ1n) is 10.8. The number of ether oxygens (including phenoxy) is 1. The number of hydrogen-bond donors (Lipinski definition) is 2. The summed E-state index contributed by atoms with van der Waals surface area (Å²) in [6.45, 7) is 2.25. The van der Waals surface area contributed by atoms with Crippen LogP contribution >= 0.6 is 0 Å². The topological polar surface area (TPSA) is 67.6 Å². The van der Waals surface area contributed by atoms with Crippen LogP contribution in [-0.4, -0.2) is 42.6 Å². The predicted octanol–water partition coefficient (Wildman–Crippen LogP) is 3.51. The number of hydrogen-bond acceptors (Lipinski definition) is 4. The van der Waals surface area contributed by atoms with E-state index in [4.69, 9.17) is 10.5 Å². The van der Waals surface area contributed by atoms with E-state index in [9.17, 15) is 4.79 Å². The molecule has 2 saturated heterocycles. The molecule has 2 aromatic rings. The molecular formula is C24H31N3O2. The highest BCUT2D eigenvalue weighted by molar-refractivity contribution is 5.95. The summed E-state index contributed by atoms with van der Waals surface area (Å²) in [4.78, 5) is 15.8. The second-order valence-corrected chi connectivity index (χ2v) is 8.01. The molecule has 5 heteroatoms. The molecule has 4 rings (SSSR count). The van der Waals surface area contributed by atoms with Crippen molar-refractivity contribution < 1.29 is 9.53 Å². The van der Waals surface area contributed by atoms with Gasteiger partial charge in [0.25, 0.3) is 5.91 Å². The Kier molecular flexibility index (Phi) is 6.47. The minimum absolute atomic E-state index is 0.114. The third kappa shape index (κ3) is 4.46. The van der Waals surface area contributed by atoms with E-state index in [0.717, 1.165) is 43.5 Å². The van der Waals surface area contributed by atoms with Crippen LogP contribution < -0.4 is 15.8 Å². The van der Waals surface area contributed by atoms with Gasteiger partial charge in [0, 0.05) is 17.6 Å². The van der Waals surface area contributed by atoms with Gasteiger partial charge in [-0.05, 0) is 68.6 Å². The van der Waals surface area contributed by atoms with Crippen LogP contribution in [0.5, 0.6) is 5.75 Å². The van der Waals surface area contributed by atoms with Crippen LogP contribution in [0.15, 0.2) is 54.6 Å². The van der Waals surface area contributed by atoms with Crippen molar-refractivity contribution in [3.05, 3.63) is 65.7 Å². The van der Waals surface area contributed by atoms with E-state index in [-0.39, 0.29) is 18.0 Å². The minimum atomic E-state index is 0.114. The summed E-state index contributed by atoms with van der Waals surface area (Å²) in [6.07, 6.45) is 5.20. The lowest BCUT2D eigenvalue weighted by Gasteiger charge is -2.31. The fourth-order valence-electron chi connectivity index (χ4n) is 4.64. The van der Waals surface area contributed by atoms with E-state index in [1.807, 2.05) is 30.3 Å². The van der Waals surface area contributed by atoms with E-state index in [2.05, 4.69) is 34.5 Å². The largest absolute Gasteiger partial charge is 0.494 e. The van der Waals surface area contributed by atoms with Gasteiger partial charge in [-0.3, -0.25) is 4.79 Å². The molecule has 2 aromatic carbocycles. The summed E-state index contributed by atoms with van der Waals surface area (Å²) in [5, 5.41) is 3.69. The Labute approximate surface area is 173 Å². The summed E-state index contributed by atoms with van der Waals surface area (Å²) < 4.78 is 5.68. The molecule has 0 spiro atoms. The van der Waals surface area contributed by atoms with E-state index >= 15 is 0 Å². The molecule has 0 bridgehead atoms. The molecule has 2 aliphatic rings. The molecule has 2 fully saturated rings. The zero-order valence-corrected chi connectivity index (χ0v) is 16.9. The number of likely N-dealkylation sites (tertiary alicyclic amines) is 1. The van der Waals surface area contributed by atoms with Crippen molar-refractivity contribution in [2.45, 2.75) is 50.2 Å². The first-order chi connectivity index (χ1) is 14.3. The molecule has 154 valence electrons. The van der Waals surface area contributed by atoms with Crippen molar-refractivity contribution in [3.8, 4) is 5.75 Å². The molecule has 5 nitrogen and oxygen atoms in total. The fraction of sp³-hybridized carbons (Fsp3) is 0.458. The standard InChI is InChI=1S/C24H31N3O2/c25-14-6-16-29-20-12-10-19(11-13-20)24(28)27-22-9-4-5-15-26-21(22)17-23(27)18-7-2-1-3-8-18/h1-3,7-8,10-13,21-23,26H,4-6,9,14-17,25H2/t21-,22+,23+/m1/s1. The molecule has 0 aliphatic carbocycles. The molecular weight excluding hydrogens is 362 g/mol. The number of carbonyl (C=O) groups is 1. The number of nitrogens with zero attached hydrogens (tertiary/aromatic N) is 1. The van der Waals surface area contributed by atoms with E-state index in [0.29, 0.717) is 19.2 Å². The lowest BCUT2D eigenvalue weighted by atomic mass is 10.0. The summed E-state index contributed by atoms with van der Waals surface area (Å²) in [5.74, 6) is 0.897. The summed E-state index contributed by atoms with van der Waals surface area (Å²) in [5.41, 5.74) is 7.46. The maximum atomic E-state index is 13.6. The number of fused-ring (bicyclic) bond motifs is 1. The second kappa shape index (κ2) is 9.42. The van der Waals surface area contributed by atoms with Gasteiger partial charge in [-0.1, -0.05) is 36.8 Å². The number of nitrogens with two attached hydrogens (primary N) is 1. The maximum absolute atomic E-state index is 13.6. The van der Waals surface area contributed by atoms with Crippen molar-refractivity contribution >= 4 is 5.91 Å². The lowest BCUT2D eigenvalue weighted by molar-refractivity contribution is 0.0650. The highest BCUT2D eigenvalue weighted by atomic mass is 16.5. The van der Waals surface area contributed by atoms with Gasteiger partial charge in [0.2, 0.25) is 0 Å². The maximum Gasteiger partial charge on any atom is 0.254 e. The molecule has 0 radical (unpaired) electrons. The van der Waals surface area contributed by atoms with Gasteiger partial charge in [-0.25, -0.2) is 0 Å². The molecule has 0 aromatic heterocycles. The first kappa shape index (κ1) is 19.9. The average Bonchev–Trinajstić information content (AvgIpc) is 2.97. The van der Waals surface area contributed by atoms with Crippen LogP contribution in [0.2, 0.25) is 0 Å². The normalized spacial score (nSPS) is 24.0. The molecule has 29 heavy (non-hydrogen) atoms. The third-order valence-electron chi connectivity index (χ3n) is 6.11. The first-order valence-corrected chi connectivity index (χ1v) is 10.8. The summed E-state index contributed by atoms with van der Waals surface area (Å²) in [6, 6.07) is 18.7. The van der Waals surface area contributed by atoms with Gasteiger partial charge >= 0.3 is 0 Å². The van der Waals surface area contributed by atoms with Crippen molar-refractivity contribution in [2.75, 3.05) is 19.7 Å². The van der Waals surface area contributed by atoms with E-state index in [1.54, 1.807) is 0 Å². The Balaban J connectivity index is 1.57. The van der Waals surface area contributed by atoms with Gasteiger partial charge in [0.15, 0.2) is 0 Å². The zero-order chi connectivity index (χ0) is 20.1. The fourth-order valence-corrected chi connectivity index (χ4v) is 4.64. The Morgan fingerprint density at radius 2 is 1.90 bits per heavy atom. The van der Waals surface area contributed by atoms with E-state index in [1.165, 1.54) is 12.0 Å². The number of rotatable bonds is 6. The van der Waals surface area contributed by atoms with Gasteiger partial charge in [0.1, 0.15) is 5.75 Å². The van der Waals surface area contributed by atoms with Crippen LogP contribution in [0.4, 0.5) is 0 Å². The monoisotopic (exact) mass is 393 g/mol. The van der Waals surface area contributed by atoms with Gasteiger partial charge in [-0.2, -0.15) is 0 Å². The van der Waals surface area contributed by atoms with Crippen LogP contribution in [-0.2, 0) is 0 Å². The Hall–Kier alpha value is -2.37. The zero-order valence-electron chi connectivity index (χ0n) is 16.9. The smallest absolute Gasteiger partial charge is 0.254 e. The molecule has 2 heterocycles. The highest BCUT2D eigenvalue weighted by Gasteiger charge is 2.44. The quantitative estimate of drug-likeness (QED) is 0.737. The Morgan fingerprint density at radius 1 is 1.10 bits per heavy atom. The third-order valence-corrected chi connectivity index (χ3v) is 6.11. The Morgan fingerprint density at radius 3 is 2.66 bits per heavy atom. The second-order valence-electron chi connectivity index (χ2n) is 8.01. The average molecular weight is 394 g/mol. The number of benzene rings is 2. The molecule has 3 atom stereocenters. The van der Waals surface area contributed by atoms with Gasteiger partial charge in [-0.15, -0.1) is 0 Å². The van der Waals surface area contributed by atoms with Gasteiger partial charge in [0.05, 0.1) is 12.6 Å². The molecule has 2 aliphatic heterocycles. The number of amides is 1. The molecule has 1 amide bonds. The minimum Gasteiger partial charge on any atom is -0.494 e. The summed E-state index contributed by atoms with van der Waals surface area (Å²) in [7, 11) is 0.